The van der Waals surface area contributed by atoms with E-state index in [0.717, 1.165) is 35.5 Å². The van der Waals surface area contributed by atoms with E-state index < -0.39 is 5.97 Å². The van der Waals surface area contributed by atoms with E-state index in [1.54, 1.807) is 11.8 Å². The summed E-state index contributed by atoms with van der Waals surface area (Å²) in [4.78, 5) is 27.7. The van der Waals surface area contributed by atoms with Crippen LogP contribution in [0.25, 0.3) is 11.8 Å². The van der Waals surface area contributed by atoms with Crippen molar-refractivity contribution in [3.8, 4) is 5.69 Å². The molecule has 0 aliphatic carbocycles. The van der Waals surface area contributed by atoms with E-state index in [-0.39, 0.29) is 12.0 Å². The Morgan fingerprint density at radius 2 is 2.00 bits per heavy atom. The van der Waals surface area contributed by atoms with Crippen molar-refractivity contribution in [1.29, 1.82) is 0 Å². The highest BCUT2D eigenvalue weighted by Crippen LogP contribution is 2.34. The van der Waals surface area contributed by atoms with E-state index in [1.165, 1.54) is 12.7 Å². The topological polar surface area (TPSA) is 60.8 Å². The zero-order chi connectivity index (χ0) is 23.0. The van der Waals surface area contributed by atoms with Gasteiger partial charge in [-0.05, 0) is 75.9 Å². The van der Waals surface area contributed by atoms with E-state index in [9.17, 15) is 9.59 Å². The molecule has 0 unspecified atom stereocenters. The summed E-state index contributed by atoms with van der Waals surface area (Å²) in [5.41, 5.74) is 6.54. The number of aromatic nitrogens is 1. The molecule has 6 heteroatoms. The molecule has 0 N–H and O–H groups in total. The molecule has 1 saturated heterocycles. The minimum absolute atomic E-state index is 0.00136. The maximum Gasteiger partial charge on any atom is 0.340 e. The van der Waals surface area contributed by atoms with Crippen LogP contribution in [0.4, 0.5) is 0 Å². The van der Waals surface area contributed by atoms with Gasteiger partial charge in [-0.2, -0.15) is 0 Å². The molecule has 0 bridgehead atoms. The zero-order valence-corrected chi connectivity index (χ0v) is 19.4. The molecule has 0 saturated carbocycles. The SMILES string of the molecule is COC(=O)C1=C(C)N(C[C@H]2CCCO2)C(=O)/C1=C\c1cc(C)n(-c2cccc(C)c2)c1C. The van der Waals surface area contributed by atoms with Crippen molar-refractivity contribution in [3.63, 3.8) is 0 Å². The Hall–Kier alpha value is -3.12. The van der Waals surface area contributed by atoms with Crippen LogP contribution in [0.3, 0.4) is 0 Å². The number of esters is 1. The van der Waals surface area contributed by atoms with Crippen molar-refractivity contribution < 1.29 is 19.1 Å². The normalized spacial score (nSPS) is 20.0. The fourth-order valence-electron chi connectivity index (χ4n) is 4.69. The second-order valence-corrected chi connectivity index (χ2v) is 8.56. The molecule has 2 aromatic rings. The van der Waals surface area contributed by atoms with Crippen molar-refractivity contribution >= 4 is 18.0 Å². The highest BCUT2D eigenvalue weighted by atomic mass is 16.5. The number of aryl methyl sites for hydroxylation is 2. The quantitative estimate of drug-likeness (QED) is 0.521. The Morgan fingerprint density at radius 1 is 1.22 bits per heavy atom. The predicted molar refractivity (Wildman–Crippen MR) is 123 cm³/mol. The Morgan fingerprint density at radius 3 is 2.66 bits per heavy atom. The highest BCUT2D eigenvalue weighted by molar-refractivity contribution is 6.16. The number of rotatable bonds is 5. The van der Waals surface area contributed by atoms with E-state index >= 15 is 0 Å². The molecule has 6 nitrogen and oxygen atoms in total. The van der Waals surface area contributed by atoms with Gasteiger partial charge < -0.3 is 18.9 Å². The van der Waals surface area contributed by atoms with Crippen LogP contribution in [0.5, 0.6) is 0 Å². The summed E-state index contributed by atoms with van der Waals surface area (Å²) in [5.74, 6) is -0.678. The number of carbonyl (C=O) groups is 2. The minimum atomic E-state index is -0.496. The van der Waals surface area contributed by atoms with E-state index in [1.807, 2.05) is 32.1 Å². The molecular formula is C26H30N2O4. The van der Waals surface area contributed by atoms with Gasteiger partial charge in [0, 0.05) is 29.4 Å². The molecule has 2 aliphatic heterocycles. The third-order valence-corrected chi connectivity index (χ3v) is 6.34. The number of methoxy groups -OCH3 is 1. The van der Waals surface area contributed by atoms with Crippen molar-refractivity contribution in [2.24, 2.45) is 0 Å². The third kappa shape index (κ3) is 3.91. The Balaban J connectivity index is 1.76. The van der Waals surface area contributed by atoms with Crippen LogP contribution >= 0.6 is 0 Å². The summed E-state index contributed by atoms with van der Waals surface area (Å²) in [6.45, 7) is 9.10. The van der Waals surface area contributed by atoms with Crippen LogP contribution in [0, 0.1) is 20.8 Å². The average molecular weight is 435 g/mol. The van der Waals surface area contributed by atoms with Gasteiger partial charge in [0.1, 0.15) is 0 Å². The maximum atomic E-state index is 13.4. The molecule has 0 radical (unpaired) electrons. The molecule has 1 atom stereocenters. The first-order chi connectivity index (χ1) is 15.3. The molecule has 32 heavy (non-hydrogen) atoms. The molecule has 4 rings (SSSR count). The van der Waals surface area contributed by atoms with E-state index in [0.29, 0.717) is 30.0 Å². The summed E-state index contributed by atoms with van der Waals surface area (Å²) in [6, 6.07) is 10.3. The second kappa shape index (κ2) is 8.79. The molecule has 168 valence electrons. The number of hydrogen-bond acceptors (Lipinski definition) is 4. The van der Waals surface area contributed by atoms with Crippen LogP contribution < -0.4 is 0 Å². The van der Waals surface area contributed by atoms with Crippen LogP contribution in [0.1, 0.15) is 42.3 Å². The van der Waals surface area contributed by atoms with E-state index in [4.69, 9.17) is 9.47 Å². The lowest BCUT2D eigenvalue weighted by atomic mass is 10.0. The average Bonchev–Trinajstić information content (AvgIpc) is 3.43. The van der Waals surface area contributed by atoms with Gasteiger partial charge in [0.2, 0.25) is 0 Å². The lowest BCUT2D eigenvalue weighted by molar-refractivity contribution is -0.136. The summed E-state index contributed by atoms with van der Waals surface area (Å²) < 4.78 is 12.9. The number of amides is 1. The predicted octanol–water partition coefficient (Wildman–Crippen LogP) is 4.25. The first-order valence-corrected chi connectivity index (χ1v) is 11.0. The Bertz CT molecular complexity index is 1130. The number of benzene rings is 1. The number of hydrogen-bond donors (Lipinski definition) is 0. The second-order valence-electron chi connectivity index (χ2n) is 8.56. The van der Waals surface area contributed by atoms with Gasteiger partial charge >= 0.3 is 5.97 Å². The molecule has 1 aromatic carbocycles. The standard InChI is InChI=1S/C26H30N2O4/c1-16-8-6-9-21(12-16)28-17(2)13-20(18(28)3)14-23-24(26(30)31-5)19(4)27(25(23)29)15-22-10-7-11-32-22/h6,8-9,12-14,22H,7,10-11,15H2,1-5H3/b23-14-/t22-/m1/s1. The summed E-state index contributed by atoms with van der Waals surface area (Å²) >= 11 is 0. The van der Waals surface area contributed by atoms with Crippen molar-refractivity contribution in [3.05, 3.63) is 69.7 Å². The molecule has 1 amide bonds. The van der Waals surface area contributed by atoms with Gasteiger partial charge in [-0.25, -0.2) is 4.79 Å². The first kappa shape index (κ1) is 22.1. The Labute approximate surface area is 189 Å². The van der Waals surface area contributed by atoms with Crippen molar-refractivity contribution in [2.75, 3.05) is 20.3 Å². The number of nitrogens with zero attached hydrogens (tertiary/aromatic N) is 2. The summed E-state index contributed by atoms with van der Waals surface area (Å²) in [6.07, 6.45) is 3.73. The van der Waals surface area contributed by atoms with E-state index in [2.05, 4.69) is 29.7 Å². The fraction of sp³-hybridized carbons (Fsp3) is 0.385. The number of carbonyl (C=O) groups excluding carboxylic acids is 2. The third-order valence-electron chi connectivity index (χ3n) is 6.34. The van der Waals surface area contributed by atoms with Gasteiger partial charge in [0.25, 0.3) is 5.91 Å². The molecule has 0 spiro atoms. The molecule has 2 aliphatic rings. The smallest absolute Gasteiger partial charge is 0.340 e. The number of ether oxygens (including phenoxy) is 2. The Kier molecular flexibility index (Phi) is 6.07. The fourth-order valence-corrected chi connectivity index (χ4v) is 4.69. The van der Waals surface area contributed by atoms with Gasteiger partial charge in [0.05, 0.1) is 30.9 Å². The van der Waals surface area contributed by atoms with Gasteiger partial charge in [-0.1, -0.05) is 12.1 Å². The molecular weight excluding hydrogens is 404 g/mol. The molecule has 1 aromatic heterocycles. The van der Waals surface area contributed by atoms with Crippen LogP contribution in [0.2, 0.25) is 0 Å². The molecule has 1 fully saturated rings. The van der Waals surface area contributed by atoms with Crippen LogP contribution in [-0.2, 0) is 19.1 Å². The summed E-state index contributed by atoms with van der Waals surface area (Å²) in [7, 11) is 1.34. The molecule has 3 heterocycles. The summed E-state index contributed by atoms with van der Waals surface area (Å²) in [5, 5.41) is 0. The monoisotopic (exact) mass is 434 g/mol. The highest BCUT2D eigenvalue weighted by Gasteiger charge is 2.38. The van der Waals surface area contributed by atoms with Crippen LogP contribution in [0.15, 0.2) is 47.2 Å². The lowest BCUT2D eigenvalue weighted by Crippen LogP contribution is -2.33. The first-order valence-electron chi connectivity index (χ1n) is 11.0. The minimum Gasteiger partial charge on any atom is -0.465 e. The van der Waals surface area contributed by atoms with Crippen molar-refractivity contribution in [2.45, 2.75) is 46.6 Å². The van der Waals surface area contributed by atoms with Crippen LogP contribution in [-0.4, -0.2) is 47.7 Å². The van der Waals surface area contributed by atoms with Crippen molar-refractivity contribution in [1.82, 2.24) is 9.47 Å². The maximum absolute atomic E-state index is 13.4. The zero-order valence-electron chi connectivity index (χ0n) is 19.4. The lowest BCUT2D eigenvalue weighted by Gasteiger charge is -2.21. The van der Waals surface area contributed by atoms with Gasteiger partial charge in [-0.3, -0.25) is 4.79 Å². The van der Waals surface area contributed by atoms with Gasteiger partial charge in [0.15, 0.2) is 0 Å². The number of allylic oxidation sites excluding steroid dienone is 1. The van der Waals surface area contributed by atoms with Gasteiger partial charge in [-0.15, -0.1) is 0 Å². The largest absolute Gasteiger partial charge is 0.465 e.